The average Bonchev–Trinajstić information content (AvgIpc) is 3.17. The van der Waals surface area contributed by atoms with Gasteiger partial charge in [0, 0.05) is 68.8 Å². The maximum absolute atomic E-state index is 6.47. The molecule has 0 spiro atoms. The van der Waals surface area contributed by atoms with Crippen LogP contribution in [0, 0.1) is 0 Å². The maximum atomic E-state index is 6.47. The fraction of sp³-hybridized carbons (Fsp3) is 0.294. The summed E-state index contributed by atoms with van der Waals surface area (Å²) in [4.78, 5) is 0. The van der Waals surface area contributed by atoms with Gasteiger partial charge in [0.25, 0.3) is 15.2 Å². The molecule has 12 nitrogen and oxygen atoms in total. The summed E-state index contributed by atoms with van der Waals surface area (Å²) in [5.41, 5.74) is 4.15. The average molecular weight is 759 g/mol. The van der Waals surface area contributed by atoms with Crippen molar-refractivity contribution in [2.45, 2.75) is 26.2 Å². The second-order valence-corrected chi connectivity index (χ2v) is 21.2. The fourth-order valence-electron chi connectivity index (χ4n) is 5.36. The molecule has 0 bridgehead atoms. The van der Waals surface area contributed by atoms with Gasteiger partial charge in [-0.1, -0.05) is 121 Å². The van der Waals surface area contributed by atoms with E-state index in [2.05, 4.69) is 57.9 Å². The first-order valence-corrected chi connectivity index (χ1v) is 22.1. The van der Waals surface area contributed by atoms with E-state index in [9.17, 15) is 0 Å². The molecule has 2 atom stereocenters. The van der Waals surface area contributed by atoms with Crippen LogP contribution in [0.3, 0.4) is 0 Å². The molecule has 4 aromatic carbocycles. The van der Waals surface area contributed by atoms with Crippen LogP contribution in [0.1, 0.15) is 22.3 Å². The highest BCUT2D eigenvalue weighted by Crippen LogP contribution is 2.81. The van der Waals surface area contributed by atoms with E-state index in [1.807, 2.05) is 72.8 Å². The van der Waals surface area contributed by atoms with Crippen molar-refractivity contribution in [3.05, 3.63) is 144 Å². The second kappa shape index (κ2) is 17.8. The molecule has 50 heavy (non-hydrogen) atoms. The van der Waals surface area contributed by atoms with Gasteiger partial charge in [0.1, 0.15) is 0 Å². The summed E-state index contributed by atoms with van der Waals surface area (Å²) in [5, 5.41) is 0. The molecule has 4 aromatic rings. The summed E-state index contributed by atoms with van der Waals surface area (Å²) in [6, 6.07) is 40.4. The molecule has 0 fully saturated rings. The third-order valence-electron chi connectivity index (χ3n) is 7.93. The summed E-state index contributed by atoms with van der Waals surface area (Å²) in [6.45, 7) is 1.74. The van der Waals surface area contributed by atoms with Crippen molar-refractivity contribution in [1.82, 2.24) is 9.34 Å². The standard InChI is InChI=1S/C34H46N6O6P4/c1-41-47(39(27-31-19-11-7-12-20-31)28-32-21-13-8-14-22-32)35-49(43-3,44-4)37-48(42-2,38-50(36-47,45-5)46-6)40(29-33-23-15-9-16-24-33)30-34-25-17-10-18-26-34/h7-26H,27-30H2,1-6H3/t47-,48-. The summed E-state index contributed by atoms with van der Waals surface area (Å²) >= 11 is 0. The van der Waals surface area contributed by atoms with E-state index in [4.69, 9.17) is 45.2 Å². The zero-order valence-corrected chi connectivity index (χ0v) is 32.9. The summed E-state index contributed by atoms with van der Waals surface area (Å²) in [6.07, 6.45) is 0. The molecule has 0 aromatic heterocycles. The van der Waals surface area contributed by atoms with Gasteiger partial charge in [0.15, 0.2) is 0 Å². The van der Waals surface area contributed by atoms with E-state index >= 15 is 0 Å². The molecule has 0 saturated heterocycles. The van der Waals surface area contributed by atoms with Crippen molar-refractivity contribution in [2.75, 3.05) is 42.7 Å². The van der Waals surface area contributed by atoms with Crippen molar-refractivity contribution in [3.8, 4) is 0 Å². The van der Waals surface area contributed by atoms with Gasteiger partial charge in [-0.05, 0) is 22.3 Å². The monoisotopic (exact) mass is 758 g/mol. The van der Waals surface area contributed by atoms with Gasteiger partial charge >= 0.3 is 15.3 Å². The minimum absolute atomic E-state index is 0.434. The Morgan fingerprint density at radius 3 is 0.800 bits per heavy atom. The van der Waals surface area contributed by atoms with Crippen LogP contribution in [-0.2, 0) is 53.3 Å². The molecule has 0 aliphatic carbocycles. The van der Waals surface area contributed by atoms with E-state index in [0.717, 1.165) is 22.3 Å². The highest BCUT2D eigenvalue weighted by atomic mass is 31.3. The van der Waals surface area contributed by atoms with Crippen LogP contribution in [0.4, 0.5) is 0 Å². The lowest BCUT2D eigenvalue weighted by molar-refractivity contribution is 0.308. The number of hydrogen-bond acceptors (Lipinski definition) is 12. The van der Waals surface area contributed by atoms with Gasteiger partial charge in [0.2, 0.25) is 0 Å². The van der Waals surface area contributed by atoms with Crippen molar-refractivity contribution in [1.29, 1.82) is 0 Å². The molecular formula is C34H46N6O6P4. The Balaban J connectivity index is 1.82. The Morgan fingerprint density at radius 1 is 0.360 bits per heavy atom. The van der Waals surface area contributed by atoms with Crippen molar-refractivity contribution in [2.24, 2.45) is 18.1 Å². The Bertz CT molecular complexity index is 1660. The van der Waals surface area contributed by atoms with Crippen LogP contribution in [0.15, 0.2) is 139 Å². The highest BCUT2D eigenvalue weighted by molar-refractivity contribution is 7.79. The normalized spacial score (nSPS) is 21.3. The molecule has 268 valence electrons. The molecule has 0 saturated carbocycles. The zero-order valence-electron chi connectivity index (χ0n) is 29.3. The van der Waals surface area contributed by atoms with E-state index in [1.165, 1.54) is 28.4 Å². The van der Waals surface area contributed by atoms with Gasteiger partial charge in [-0.15, -0.1) is 0 Å². The Hall–Kier alpha value is -2.52. The zero-order chi connectivity index (χ0) is 35.5. The molecule has 1 heterocycles. The highest BCUT2D eigenvalue weighted by Gasteiger charge is 2.44. The van der Waals surface area contributed by atoms with Crippen LogP contribution < -0.4 is 0 Å². The molecule has 0 radical (unpaired) electrons. The van der Waals surface area contributed by atoms with Crippen LogP contribution in [0.5, 0.6) is 0 Å². The minimum Gasteiger partial charge on any atom is -0.319 e. The molecule has 0 unspecified atom stereocenters. The first-order valence-electron chi connectivity index (χ1n) is 15.9. The van der Waals surface area contributed by atoms with Crippen molar-refractivity contribution in [3.63, 3.8) is 0 Å². The third kappa shape index (κ3) is 9.09. The summed E-state index contributed by atoms with van der Waals surface area (Å²) in [5.74, 6) is 0. The Kier molecular flexibility index (Phi) is 13.8. The lowest BCUT2D eigenvalue weighted by Gasteiger charge is -2.39. The Morgan fingerprint density at radius 2 is 0.600 bits per heavy atom. The molecule has 0 amide bonds. The largest absolute Gasteiger partial charge is 0.346 e. The van der Waals surface area contributed by atoms with Crippen LogP contribution in [0.25, 0.3) is 0 Å². The fourth-order valence-corrected chi connectivity index (χ4v) is 19.4. The number of benzene rings is 4. The first-order chi connectivity index (χ1) is 24.3. The van der Waals surface area contributed by atoms with Crippen LogP contribution in [-0.4, -0.2) is 52.0 Å². The predicted molar refractivity (Wildman–Crippen MR) is 204 cm³/mol. The van der Waals surface area contributed by atoms with Gasteiger partial charge < -0.3 is 27.1 Å². The maximum Gasteiger partial charge on any atom is 0.346 e. The second-order valence-electron chi connectivity index (χ2n) is 11.0. The van der Waals surface area contributed by atoms with Crippen molar-refractivity contribution < 1.29 is 27.1 Å². The number of nitrogens with zero attached hydrogens (tertiary/aromatic N) is 6. The molecule has 1 aliphatic rings. The molecule has 0 N–H and O–H groups in total. The van der Waals surface area contributed by atoms with Gasteiger partial charge in [-0.3, -0.25) is 0 Å². The number of rotatable bonds is 16. The first kappa shape index (κ1) is 38.7. The Labute approximate surface area is 296 Å². The van der Waals surface area contributed by atoms with E-state index in [1.54, 1.807) is 14.2 Å². The minimum atomic E-state index is -3.57. The van der Waals surface area contributed by atoms with E-state index in [0.29, 0.717) is 26.2 Å². The molecule has 16 heteroatoms. The van der Waals surface area contributed by atoms with Gasteiger partial charge in [-0.25, -0.2) is 9.34 Å². The predicted octanol–water partition coefficient (Wildman–Crippen LogP) is 11.1. The molecule has 5 rings (SSSR count). The molecular weight excluding hydrogens is 712 g/mol. The quantitative estimate of drug-likeness (QED) is 0.104. The van der Waals surface area contributed by atoms with Gasteiger partial charge in [0.05, 0.1) is 0 Å². The third-order valence-corrected chi connectivity index (χ3v) is 20.2. The molecule has 1 aliphatic heterocycles. The lowest BCUT2D eigenvalue weighted by Crippen LogP contribution is -2.22. The smallest absolute Gasteiger partial charge is 0.319 e. The number of hydrogen-bond donors (Lipinski definition) is 0. The topological polar surface area (TPSA) is 111 Å². The van der Waals surface area contributed by atoms with E-state index < -0.39 is 30.5 Å². The van der Waals surface area contributed by atoms with E-state index in [-0.39, 0.29) is 0 Å². The van der Waals surface area contributed by atoms with Crippen LogP contribution >= 0.6 is 30.5 Å². The summed E-state index contributed by atoms with van der Waals surface area (Å²) < 4.78 is 63.4. The van der Waals surface area contributed by atoms with Gasteiger partial charge in [-0.2, -0.15) is 18.1 Å². The lowest BCUT2D eigenvalue weighted by atomic mass is 10.2. The SMILES string of the molecule is COP1(OC)=N[P@](OC)(N(Cc2ccccc2)Cc2ccccc2)=NP(OC)(OC)=N[P@@](OC)(N(Cc2ccccc2)Cc2ccccc2)=N1. The van der Waals surface area contributed by atoms with Crippen molar-refractivity contribution >= 4 is 30.5 Å². The summed E-state index contributed by atoms with van der Waals surface area (Å²) in [7, 11) is -4.80. The van der Waals surface area contributed by atoms with Crippen LogP contribution in [0.2, 0.25) is 0 Å².